The molecule has 0 aliphatic carbocycles. The minimum atomic E-state index is -0.653. The summed E-state index contributed by atoms with van der Waals surface area (Å²) in [6.45, 7) is 2.17. The molecule has 0 aliphatic heterocycles. The number of nitriles is 1. The van der Waals surface area contributed by atoms with E-state index >= 15 is 0 Å². The molecule has 1 N–H and O–H groups in total. The highest BCUT2D eigenvalue weighted by molar-refractivity contribution is 5.95. The number of hydrogen-bond acceptors (Lipinski definition) is 6. The van der Waals surface area contributed by atoms with Gasteiger partial charge in [-0.15, -0.1) is 0 Å². The van der Waals surface area contributed by atoms with Gasteiger partial charge in [-0.25, -0.2) is 4.79 Å². The van der Waals surface area contributed by atoms with E-state index in [0.29, 0.717) is 29.4 Å². The van der Waals surface area contributed by atoms with Gasteiger partial charge in [-0.05, 0) is 42.8 Å². The molecule has 0 bridgehead atoms. The summed E-state index contributed by atoms with van der Waals surface area (Å²) in [5.41, 5.74) is 1.12. The number of nitrogens with one attached hydrogen (secondary N) is 1. The SMILES string of the molecule is CCCCOc1ccc(C(=O)OCC(=O)Nc2cccc(C#N)c2)cc1OC. The van der Waals surface area contributed by atoms with Gasteiger partial charge < -0.3 is 19.5 Å². The van der Waals surface area contributed by atoms with Crippen molar-refractivity contribution >= 4 is 17.6 Å². The molecule has 0 radical (unpaired) electrons. The molecule has 7 nitrogen and oxygen atoms in total. The Labute approximate surface area is 163 Å². The number of amides is 1. The third-order valence-electron chi connectivity index (χ3n) is 3.76. The first-order chi connectivity index (χ1) is 13.6. The van der Waals surface area contributed by atoms with Crippen molar-refractivity contribution in [1.29, 1.82) is 5.26 Å². The topological polar surface area (TPSA) is 97.6 Å². The molecular weight excluding hydrogens is 360 g/mol. The van der Waals surface area contributed by atoms with E-state index in [1.165, 1.54) is 19.2 Å². The van der Waals surface area contributed by atoms with Gasteiger partial charge in [0.05, 0.1) is 30.9 Å². The number of esters is 1. The van der Waals surface area contributed by atoms with Gasteiger partial charge >= 0.3 is 5.97 Å². The fourth-order valence-corrected chi connectivity index (χ4v) is 2.32. The summed E-state index contributed by atoms with van der Waals surface area (Å²) in [6.07, 6.45) is 1.93. The molecule has 0 saturated heterocycles. The minimum absolute atomic E-state index is 0.249. The molecule has 0 atom stereocenters. The van der Waals surface area contributed by atoms with Gasteiger partial charge in [0.15, 0.2) is 18.1 Å². The fourth-order valence-electron chi connectivity index (χ4n) is 2.32. The second-order valence-electron chi connectivity index (χ2n) is 5.88. The lowest BCUT2D eigenvalue weighted by Crippen LogP contribution is -2.21. The maximum absolute atomic E-state index is 12.2. The highest BCUT2D eigenvalue weighted by Gasteiger charge is 2.14. The van der Waals surface area contributed by atoms with E-state index in [2.05, 4.69) is 12.2 Å². The zero-order valence-electron chi connectivity index (χ0n) is 15.9. The molecule has 2 rings (SSSR count). The van der Waals surface area contributed by atoms with Gasteiger partial charge in [-0.1, -0.05) is 19.4 Å². The maximum Gasteiger partial charge on any atom is 0.338 e. The van der Waals surface area contributed by atoms with Crippen LogP contribution in [0.3, 0.4) is 0 Å². The molecule has 0 saturated carbocycles. The predicted molar refractivity (Wildman–Crippen MR) is 103 cm³/mol. The van der Waals surface area contributed by atoms with Crippen molar-refractivity contribution in [3.63, 3.8) is 0 Å². The number of nitrogens with zero attached hydrogens (tertiary/aromatic N) is 1. The normalized spacial score (nSPS) is 9.89. The molecule has 28 heavy (non-hydrogen) atoms. The third-order valence-corrected chi connectivity index (χ3v) is 3.76. The number of carbonyl (C=O) groups is 2. The molecular formula is C21H22N2O5. The van der Waals surface area contributed by atoms with Crippen LogP contribution < -0.4 is 14.8 Å². The zero-order chi connectivity index (χ0) is 20.4. The van der Waals surface area contributed by atoms with Gasteiger partial charge in [-0.3, -0.25) is 4.79 Å². The second-order valence-corrected chi connectivity index (χ2v) is 5.88. The van der Waals surface area contributed by atoms with E-state index in [1.807, 2.05) is 6.07 Å². The standard InChI is InChI=1S/C21H22N2O5/c1-3-4-10-27-18-9-8-16(12-19(18)26-2)21(25)28-14-20(24)23-17-7-5-6-15(11-17)13-22/h5-9,11-12H,3-4,10,14H2,1-2H3,(H,23,24). The van der Waals surface area contributed by atoms with Crippen LogP contribution in [0, 0.1) is 11.3 Å². The van der Waals surface area contributed by atoms with E-state index in [1.54, 1.807) is 30.3 Å². The highest BCUT2D eigenvalue weighted by Crippen LogP contribution is 2.28. The first-order valence-electron chi connectivity index (χ1n) is 8.85. The Kier molecular flexibility index (Phi) is 7.85. The van der Waals surface area contributed by atoms with Crippen LogP contribution in [0.15, 0.2) is 42.5 Å². The number of methoxy groups -OCH3 is 1. The molecule has 7 heteroatoms. The van der Waals surface area contributed by atoms with Crippen molar-refractivity contribution in [2.75, 3.05) is 25.6 Å². The highest BCUT2D eigenvalue weighted by atomic mass is 16.5. The Hall–Kier alpha value is -3.53. The first-order valence-corrected chi connectivity index (χ1v) is 8.85. The molecule has 146 valence electrons. The van der Waals surface area contributed by atoms with Crippen LogP contribution in [-0.4, -0.2) is 32.2 Å². The first kappa shape index (κ1) is 20.8. The summed E-state index contributed by atoms with van der Waals surface area (Å²) < 4.78 is 15.9. The van der Waals surface area contributed by atoms with E-state index < -0.39 is 18.5 Å². The number of hydrogen-bond donors (Lipinski definition) is 1. The number of unbranched alkanes of at least 4 members (excludes halogenated alkanes) is 1. The molecule has 0 heterocycles. The Balaban J connectivity index is 1.93. The minimum Gasteiger partial charge on any atom is -0.493 e. The van der Waals surface area contributed by atoms with Crippen molar-refractivity contribution in [2.24, 2.45) is 0 Å². The van der Waals surface area contributed by atoms with Gasteiger partial charge in [0.1, 0.15) is 0 Å². The third kappa shape index (κ3) is 6.02. The summed E-state index contributed by atoms with van der Waals surface area (Å²) in [5.74, 6) is -0.194. The quantitative estimate of drug-likeness (QED) is 0.526. The second kappa shape index (κ2) is 10.6. The Bertz CT molecular complexity index is 873. The molecule has 0 aromatic heterocycles. The number of anilines is 1. The molecule has 0 spiro atoms. The summed E-state index contributed by atoms with van der Waals surface area (Å²) in [5, 5.41) is 11.4. The Morgan fingerprint density at radius 3 is 2.68 bits per heavy atom. The Morgan fingerprint density at radius 2 is 1.96 bits per heavy atom. The average Bonchev–Trinajstić information content (AvgIpc) is 2.72. The van der Waals surface area contributed by atoms with Crippen LogP contribution >= 0.6 is 0 Å². The summed E-state index contributed by atoms with van der Waals surface area (Å²) in [6, 6.07) is 13.1. The van der Waals surface area contributed by atoms with Gasteiger partial charge in [0.2, 0.25) is 0 Å². The van der Waals surface area contributed by atoms with Crippen LogP contribution in [-0.2, 0) is 9.53 Å². The smallest absolute Gasteiger partial charge is 0.338 e. The van der Waals surface area contributed by atoms with Gasteiger partial charge in [0, 0.05) is 5.69 Å². The molecule has 2 aromatic carbocycles. The zero-order valence-corrected chi connectivity index (χ0v) is 15.9. The lowest BCUT2D eigenvalue weighted by atomic mass is 10.2. The van der Waals surface area contributed by atoms with Crippen LogP contribution in [0.2, 0.25) is 0 Å². The van der Waals surface area contributed by atoms with Crippen LogP contribution in [0.25, 0.3) is 0 Å². The van der Waals surface area contributed by atoms with Crippen molar-refractivity contribution in [1.82, 2.24) is 0 Å². The van der Waals surface area contributed by atoms with E-state index in [0.717, 1.165) is 12.8 Å². The van der Waals surface area contributed by atoms with E-state index in [9.17, 15) is 9.59 Å². The molecule has 1 amide bonds. The van der Waals surface area contributed by atoms with E-state index in [4.69, 9.17) is 19.5 Å². The van der Waals surface area contributed by atoms with E-state index in [-0.39, 0.29) is 5.56 Å². The van der Waals surface area contributed by atoms with Crippen molar-refractivity contribution in [3.8, 4) is 17.6 Å². The van der Waals surface area contributed by atoms with Crippen molar-refractivity contribution in [3.05, 3.63) is 53.6 Å². The van der Waals surface area contributed by atoms with Crippen LogP contribution in [0.1, 0.15) is 35.7 Å². The molecule has 2 aromatic rings. The lowest BCUT2D eigenvalue weighted by Gasteiger charge is -2.12. The largest absolute Gasteiger partial charge is 0.493 e. The number of benzene rings is 2. The van der Waals surface area contributed by atoms with Gasteiger partial charge in [0.25, 0.3) is 5.91 Å². The average molecular weight is 382 g/mol. The fraction of sp³-hybridized carbons (Fsp3) is 0.286. The predicted octanol–water partition coefficient (Wildman–Crippen LogP) is 3.54. The van der Waals surface area contributed by atoms with Crippen LogP contribution in [0.4, 0.5) is 5.69 Å². The van der Waals surface area contributed by atoms with Gasteiger partial charge in [-0.2, -0.15) is 5.26 Å². The Morgan fingerprint density at radius 1 is 1.14 bits per heavy atom. The number of ether oxygens (including phenoxy) is 3. The molecule has 0 unspecified atom stereocenters. The number of rotatable bonds is 9. The molecule has 0 fully saturated rings. The monoisotopic (exact) mass is 382 g/mol. The van der Waals surface area contributed by atoms with Crippen LogP contribution in [0.5, 0.6) is 11.5 Å². The lowest BCUT2D eigenvalue weighted by molar-refractivity contribution is -0.119. The van der Waals surface area contributed by atoms with Crippen molar-refractivity contribution in [2.45, 2.75) is 19.8 Å². The number of carbonyl (C=O) groups excluding carboxylic acids is 2. The summed E-state index contributed by atoms with van der Waals surface area (Å²) in [7, 11) is 1.49. The molecule has 0 aliphatic rings. The van der Waals surface area contributed by atoms with Crippen molar-refractivity contribution < 1.29 is 23.8 Å². The summed E-state index contributed by atoms with van der Waals surface area (Å²) >= 11 is 0. The maximum atomic E-state index is 12.2. The summed E-state index contributed by atoms with van der Waals surface area (Å²) in [4.78, 5) is 24.2.